The van der Waals surface area contributed by atoms with E-state index in [2.05, 4.69) is 11.9 Å². The minimum atomic E-state index is 0.263. The van der Waals surface area contributed by atoms with Crippen molar-refractivity contribution in [3.8, 4) is 16.3 Å². The van der Waals surface area contributed by atoms with Crippen LogP contribution in [0.25, 0.3) is 10.6 Å². The molecule has 0 spiro atoms. The maximum absolute atomic E-state index is 5.69. The first kappa shape index (κ1) is 10.7. The van der Waals surface area contributed by atoms with Crippen molar-refractivity contribution in [2.24, 2.45) is 0 Å². The number of nitrogens with zero attached hydrogens (tertiary/aromatic N) is 1. The van der Waals surface area contributed by atoms with Crippen molar-refractivity contribution in [3.05, 3.63) is 35.8 Å². The van der Waals surface area contributed by atoms with Crippen molar-refractivity contribution in [3.63, 3.8) is 0 Å². The Morgan fingerprint density at radius 1 is 1.47 bits per heavy atom. The summed E-state index contributed by atoms with van der Waals surface area (Å²) in [7, 11) is 0. The molecule has 1 aliphatic heterocycles. The first-order chi connectivity index (χ1) is 8.33. The monoisotopic (exact) mass is 247 g/mol. The predicted octanol–water partition coefficient (Wildman–Crippen LogP) is 2.98. The summed E-state index contributed by atoms with van der Waals surface area (Å²) in [5.41, 5.74) is 1.10. The lowest BCUT2D eigenvalue weighted by Gasteiger charge is -2.05. The standard InChI is InChI=1S/C13H13NO2S/c1-9-12(16-9)8-15-11-4-2-3-10(7-11)13-14-5-6-17-13/h2-7,9,12H,8H2,1H3. The third kappa shape index (κ3) is 2.48. The molecular formula is C13H13NO2S. The van der Waals surface area contributed by atoms with E-state index in [0.29, 0.717) is 12.7 Å². The molecule has 2 atom stereocenters. The van der Waals surface area contributed by atoms with Crippen LogP contribution in [0.1, 0.15) is 6.92 Å². The molecule has 88 valence electrons. The van der Waals surface area contributed by atoms with Gasteiger partial charge in [-0.05, 0) is 19.1 Å². The van der Waals surface area contributed by atoms with E-state index < -0.39 is 0 Å². The Morgan fingerprint density at radius 2 is 2.35 bits per heavy atom. The maximum Gasteiger partial charge on any atom is 0.123 e. The lowest BCUT2D eigenvalue weighted by Crippen LogP contribution is -2.06. The van der Waals surface area contributed by atoms with Crippen LogP contribution in [0.2, 0.25) is 0 Å². The molecule has 2 aromatic rings. The zero-order valence-corrected chi connectivity index (χ0v) is 10.3. The van der Waals surface area contributed by atoms with Crippen molar-refractivity contribution >= 4 is 11.3 Å². The molecule has 1 aromatic heterocycles. The number of benzene rings is 1. The highest BCUT2D eigenvalue weighted by molar-refractivity contribution is 7.13. The Morgan fingerprint density at radius 3 is 3.06 bits per heavy atom. The molecular weight excluding hydrogens is 234 g/mol. The van der Waals surface area contributed by atoms with Crippen LogP contribution in [0.5, 0.6) is 5.75 Å². The third-order valence-corrected chi connectivity index (χ3v) is 3.59. The van der Waals surface area contributed by atoms with Crippen LogP contribution in [-0.4, -0.2) is 23.8 Å². The fourth-order valence-electron chi connectivity index (χ4n) is 1.67. The molecule has 3 rings (SSSR count). The van der Waals surface area contributed by atoms with E-state index in [-0.39, 0.29) is 6.10 Å². The quantitative estimate of drug-likeness (QED) is 0.779. The summed E-state index contributed by atoms with van der Waals surface area (Å²) in [5, 5.41) is 2.99. The van der Waals surface area contributed by atoms with Gasteiger partial charge in [-0.2, -0.15) is 0 Å². The number of hydrogen-bond donors (Lipinski definition) is 0. The lowest BCUT2D eigenvalue weighted by molar-refractivity contribution is 0.261. The van der Waals surface area contributed by atoms with Crippen molar-refractivity contribution in [1.82, 2.24) is 4.98 Å². The molecule has 0 saturated carbocycles. The highest BCUT2D eigenvalue weighted by Crippen LogP contribution is 2.27. The number of ether oxygens (including phenoxy) is 2. The van der Waals surface area contributed by atoms with Gasteiger partial charge < -0.3 is 9.47 Å². The zero-order chi connectivity index (χ0) is 11.7. The van der Waals surface area contributed by atoms with Crippen LogP contribution in [0, 0.1) is 0 Å². The van der Waals surface area contributed by atoms with Crippen molar-refractivity contribution in [1.29, 1.82) is 0 Å². The van der Waals surface area contributed by atoms with Crippen molar-refractivity contribution in [2.45, 2.75) is 19.1 Å². The largest absolute Gasteiger partial charge is 0.491 e. The van der Waals surface area contributed by atoms with Crippen LogP contribution in [0.3, 0.4) is 0 Å². The molecule has 1 aromatic carbocycles. The summed E-state index contributed by atoms with van der Waals surface area (Å²) < 4.78 is 11.0. The van der Waals surface area contributed by atoms with E-state index in [4.69, 9.17) is 9.47 Å². The van der Waals surface area contributed by atoms with E-state index >= 15 is 0 Å². The second kappa shape index (κ2) is 4.47. The average Bonchev–Trinajstić information content (AvgIpc) is 2.83. The molecule has 0 aliphatic carbocycles. The van der Waals surface area contributed by atoms with Gasteiger partial charge >= 0.3 is 0 Å². The van der Waals surface area contributed by atoms with Crippen LogP contribution < -0.4 is 4.74 Å². The molecule has 1 aliphatic rings. The van der Waals surface area contributed by atoms with Gasteiger partial charge in [0.15, 0.2) is 0 Å². The molecule has 2 unspecified atom stereocenters. The summed E-state index contributed by atoms with van der Waals surface area (Å²) >= 11 is 1.63. The van der Waals surface area contributed by atoms with E-state index in [1.807, 2.05) is 35.8 Å². The van der Waals surface area contributed by atoms with E-state index in [1.165, 1.54) is 0 Å². The molecule has 1 saturated heterocycles. The van der Waals surface area contributed by atoms with Crippen molar-refractivity contribution in [2.75, 3.05) is 6.61 Å². The fourth-order valence-corrected chi connectivity index (χ4v) is 2.30. The highest BCUT2D eigenvalue weighted by atomic mass is 32.1. The summed E-state index contributed by atoms with van der Waals surface area (Å²) in [6.07, 6.45) is 2.42. The molecule has 0 amide bonds. The molecule has 0 N–H and O–H groups in total. The Balaban J connectivity index is 1.70. The first-order valence-corrected chi connectivity index (χ1v) is 6.49. The molecule has 2 heterocycles. The molecule has 1 fully saturated rings. The number of aromatic nitrogens is 1. The Hall–Kier alpha value is -1.39. The van der Waals surface area contributed by atoms with Gasteiger partial charge in [0.2, 0.25) is 0 Å². The second-order valence-corrected chi connectivity index (χ2v) is 4.95. The van der Waals surface area contributed by atoms with Crippen LogP contribution >= 0.6 is 11.3 Å². The smallest absolute Gasteiger partial charge is 0.123 e. The van der Waals surface area contributed by atoms with Gasteiger partial charge in [-0.3, -0.25) is 0 Å². The Kier molecular flexibility index (Phi) is 2.82. The summed E-state index contributed by atoms with van der Waals surface area (Å²) in [6, 6.07) is 8.02. The highest BCUT2D eigenvalue weighted by Gasteiger charge is 2.34. The SMILES string of the molecule is CC1OC1COc1cccc(-c2nccs2)c1. The van der Waals surface area contributed by atoms with E-state index in [1.54, 1.807) is 11.3 Å². The number of rotatable bonds is 4. The summed E-state index contributed by atoms with van der Waals surface area (Å²) in [6.45, 7) is 2.68. The zero-order valence-electron chi connectivity index (χ0n) is 9.50. The summed E-state index contributed by atoms with van der Waals surface area (Å²) in [4.78, 5) is 4.29. The van der Waals surface area contributed by atoms with Gasteiger partial charge in [-0.1, -0.05) is 12.1 Å². The van der Waals surface area contributed by atoms with Gasteiger partial charge in [-0.15, -0.1) is 11.3 Å². The minimum Gasteiger partial charge on any atom is -0.491 e. The number of epoxide rings is 1. The Labute approximate surface area is 104 Å². The maximum atomic E-state index is 5.69. The number of thiazole rings is 1. The molecule has 4 heteroatoms. The van der Waals surface area contributed by atoms with E-state index in [9.17, 15) is 0 Å². The minimum absolute atomic E-state index is 0.263. The molecule has 17 heavy (non-hydrogen) atoms. The number of hydrogen-bond acceptors (Lipinski definition) is 4. The fraction of sp³-hybridized carbons (Fsp3) is 0.308. The predicted molar refractivity (Wildman–Crippen MR) is 67.4 cm³/mol. The Bertz CT molecular complexity index is 498. The van der Waals surface area contributed by atoms with Crippen LogP contribution in [-0.2, 0) is 4.74 Å². The van der Waals surface area contributed by atoms with Gasteiger partial charge in [0, 0.05) is 17.1 Å². The lowest BCUT2D eigenvalue weighted by atomic mass is 10.2. The van der Waals surface area contributed by atoms with Gasteiger partial charge in [0.1, 0.15) is 23.5 Å². The van der Waals surface area contributed by atoms with E-state index in [0.717, 1.165) is 16.3 Å². The summed E-state index contributed by atoms with van der Waals surface area (Å²) in [5.74, 6) is 0.875. The topological polar surface area (TPSA) is 34.6 Å². The van der Waals surface area contributed by atoms with Crippen LogP contribution in [0.4, 0.5) is 0 Å². The third-order valence-electron chi connectivity index (χ3n) is 2.76. The van der Waals surface area contributed by atoms with Gasteiger partial charge in [0.25, 0.3) is 0 Å². The van der Waals surface area contributed by atoms with Gasteiger partial charge in [-0.25, -0.2) is 4.98 Å². The average molecular weight is 247 g/mol. The molecule has 3 nitrogen and oxygen atoms in total. The first-order valence-electron chi connectivity index (χ1n) is 5.61. The normalized spacial score (nSPS) is 22.4. The van der Waals surface area contributed by atoms with Crippen molar-refractivity contribution < 1.29 is 9.47 Å². The van der Waals surface area contributed by atoms with Gasteiger partial charge in [0.05, 0.1) is 6.10 Å². The van der Waals surface area contributed by atoms with Crippen LogP contribution in [0.15, 0.2) is 35.8 Å². The molecule has 0 radical (unpaired) electrons. The second-order valence-electron chi connectivity index (χ2n) is 4.06. The molecule has 0 bridgehead atoms.